The predicted octanol–water partition coefficient (Wildman–Crippen LogP) is 2.15. The topological polar surface area (TPSA) is 61.8 Å². The Balaban J connectivity index is 1.90. The van der Waals surface area contributed by atoms with Gasteiger partial charge in [0.25, 0.3) is 0 Å². The van der Waals surface area contributed by atoms with Crippen LogP contribution in [-0.2, 0) is 11.3 Å². The van der Waals surface area contributed by atoms with Gasteiger partial charge in [0.1, 0.15) is 5.60 Å². The molecule has 1 aliphatic rings. The number of hydrogen-bond acceptors (Lipinski definition) is 4. The molecular formula is C17H26N2O3. The van der Waals surface area contributed by atoms with Gasteiger partial charge in [0.05, 0.1) is 6.61 Å². The number of alkyl carbamates (subject to hydrolysis) is 1. The van der Waals surface area contributed by atoms with Gasteiger partial charge in [-0.15, -0.1) is 0 Å². The minimum atomic E-state index is -0.497. The number of rotatable bonds is 4. The number of hydrogen-bond donors (Lipinski definition) is 2. The van der Waals surface area contributed by atoms with Crippen LogP contribution in [0.5, 0.6) is 0 Å². The Morgan fingerprint density at radius 2 is 2.05 bits per heavy atom. The minimum Gasteiger partial charge on any atom is -0.444 e. The molecule has 1 fully saturated rings. The summed E-state index contributed by atoms with van der Waals surface area (Å²) >= 11 is 0. The number of aliphatic hydroxyl groups excluding tert-OH is 1. The third kappa shape index (κ3) is 5.00. The van der Waals surface area contributed by atoms with E-state index in [0.717, 1.165) is 19.5 Å². The van der Waals surface area contributed by atoms with Crippen molar-refractivity contribution in [2.75, 3.05) is 13.2 Å². The Morgan fingerprint density at radius 3 is 2.64 bits per heavy atom. The second-order valence-corrected chi connectivity index (χ2v) is 6.83. The van der Waals surface area contributed by atoms with Crippen LogP contribution in [0.3, 0.4) is 0 Å². The fourth-order valence-corrected chi connectivity index (χ4v) is 2.76. The van der Waals surface area contributed by atoms with Crippen molar-refractivity contribution in [3.63, 3.8) is 0 Å². The van der Waals surface area contributed by atoms with Crippen LogP contribution in [0, 0.1) is 0 Å². The number of nitrogens with one attached hydrogen (secondary N) is 1. The Hall–Kier alpha value is -1.59. The average Bonchev–Trinajstić information content (AvgIpc) is 2.79. The highest BCUT2D eigenvalue weighted by Gasteiger charge is 2.33. The van der Waals surface area contributed by atoms with Crippen LogP contribution in [0.2, 0.25) is 0 Å². The Labute approximate surface area is 132 Å². The highest BCUT2D eigenvalue weighted by molar-refractivity contribution is 5.68. The van der Waals surface area contributed by atoms with E-state index in [9.17, 15) is 9.90 Å². The Kier molecular flexibility index (Phi) is 5.42. The third-order valence-corrected chi connectivity index (χ3v) is 3.69. The summed E-state index contributed by atoms with van der Waals surface area (Å²) in [6, 6.07) is 10.2. The number of nitrogens with zero attached hydrogens (tertiary/aromatic N) is 1. The molecule has 2 rings (SSSR count). The molecule has 5 heteroatoms. The zero-order valence-electron chi connectivity index (χ0n) is 13.6. The van der Waals surface area contributed by atoms with Gasteiger partial charge in [0, 0.05) is 25.2 Å². The molecule has 0 bridgehead atoms. The molecule has 2 N–H and O–H groups in total. The van der Waals surface area contributed by atoms with Crippen LogP contribution in [0.1, 0.15) is 32.8 Å². The number of amides is 1. The van der Waals surface area contributed by atoms with E-state index in [4.69, 9.17) is 4.74 Å². The molecule has 0 aromatic heterocycles. The van der Waals surface area contributed by atoms with Gasteiger partial charge >= 0.3 is 6.09 Å². The number of carbonyl (C=O) groups is 1. The van der Waals surface area contributed by atoms with Crippen LogP contribution in [-0.4, -0.2) is 46.9 Å². The lowest BCUT2D eigenvalue weighted by Crippen LogP contribution is -2.40. The summed E-state index contributed by atoms with van der Waals surface area (Å²) in [7, 11) is 0. The summed E-state index contributed by atoms with van der Waals surface area (Å²) < 4.78 is 5.29. The van der Waals surface area contributed by atoms with E-state index in [2.05, 4.69) is 22.3 Å². The maximum Gasteiger partial charge on any atom is 0.407 e. The lowest BCUT2D eigenvalue weighted by molar-refractivity contribution is 0.0505. The van der Waals surface area contributed by atoms with E-state index in [0.29, 0.717) is 0 Å². The van der Waals surface area contributed by atoms with Gasteiger partial charge in [-0.3, -0.25) is 4.90 Å². The standard InChI is InChI=1S/C17H26N2O3/c1-17(2,3)22-16(21)18-14-9-15(12-20)19(11-14)10-13-7-5-4-6-8-13/h4-8,14-15,20H,9-12H2,1-3H3,(H,18,21)/t14-,15-/m1/s1. The molecule has 5 nitrogen and oxygen atoms in total. The molecule has 22 heavy (non-hydrogen) atoms. The van der Waals surface area contributed by atoms with E-state index >= 15 is 0 Å². The van der Waals surface area contributed by atoms with Gasteiger partial charge in [-0.1, -0.05) is 30.3 Å². The highest BCUT2D eigenvalue weighted by atomic mass is 16.6. The minimum absolute atomic E-state index is 0.00992. The van der Waals surface area contributed by atoms with Gasteiger partial charge in [0.15, 0.2) is 0 Å². The largest absolute Gasteiger partial charge is 0.444 e. The SMILES string of the molecule is CC(C)(C)OC(=O)N[C@@H]1C[C@H](CO)N(Cc2ccccc2)C1. The first-order valence-corrected chi connectivity index (χ1v) is 7.76. The summed E-state index contributed by atoms with van der Waals surface area (Å²) in [4.78, 5) is 14.1. The Morgan fingerprint density at radius 1 is 1.36 bits per heavy atom. The van der Waals surface area contributed by atoms with Crippen molar-refractivity contribution in [3.8, 4) is 0 Å². The van der Waals surface area contributed by atoms with Crippen LogP contribution in [0.25, 0.3) is 0 Å². The monoisotopic (exact) mass is 306 g/mol. The molecular weight excluding hydrogens is 280 g/mol. The van der Waals surface area contributed by atoms with Gasteiger partial charge in [0.2, 0.25) is 0 Å². The first kappa shape index (κ1) is 16.8. The number of aliphatic hydroxyl groups is 1. The van der Waals surface area contributed by atoms with Gasteiger partial charge in [-0.25, -0.2) is 4.79 Å². The Bertz CT molecular complexity index is 484. The fraction of sp³-hybridized carbons (Fsp3) is 0.588. The number of likely N-dealkylation sites (tertiary alicyclic amines) is 1. The molecule has 1 aromatic rings. The van der Waals surface area contributed by atoms with Crippen molar-refractivity contribution >= 4 is 6.09 Å². The lowest BCUT2D eigenvalue weighted by atomic mass is 10.1. The number of carbonyl (C=O) groups excluding carboxylic acids is 1. The first-order chi connectivity index (χ1) is 10.4. The molecule has 0 saturated carbocycles. The molecule has 1 saturated heterocycles. The quantitative estimate of drug-likeness (QED) is 0.895. The third-order valence-electron chi connectivity index (χ3n) is 3.69. The zero-order chi connectivity index (χ0) is 16.2. The molecule has 0 aliphatic carbocycles. The van der Waals surface area contributed by atoms with Crippen LogP contribution in [0.4, 0.5) is 4.79 Å². The maximum absolute atomic E-state index is 11.9. The van der Waals surface area contributed by atoms with E-state index in [-0.39, 0.29) is 18.7 Å². The van der Waals surface area contributed by atoms with Crippen molar-refractivity contribution < 1.29 is 14.6 Å². The van der Waals surface area contributed by atoms with Gasteiger partial charge in [-0.05, 0) is 32.8 Å². The fourth-order valence-electron chi connectivity index (χ4n) is 2.76. The van der Waals surface area contributed by atoms with E-state index in [1.165, 1.54) is 5.56 Å². The molecule has 1 heterocycles. The summed E-state index contributed by atoms with van der Waals surface area (Å²) in [5.41, 5.74) is 0.710. The van der Waals surface area contributed by atoms with E-state index in [1.54, 1.807) is 0 Å². The van der Waals surface area contributed by atoms with Crippen LogP contribution < -0.4 is 5.32 Å². The smallest absolute Gasteiger partial charge is 0.407 e. The summed E-state index contributed by atoms with van der Waals surface area (Å²) in [6.07, 6.45) is 0.346. The maximum atomic E-state index is 11.9. The van der Waals surface area contributed by atoms with Gasteiger partial charge < -0.3 is 15.2 Å². The van der Waals surface area contributed by atoms with Crippen molar-refractivity contribution in [1.29, 1.82) is 0 Å². The van der Waals surface area contributed by atoms with Crippen molar-refractivity contribution in [3.05, 3.63) is 35.9 Å². The summed E-state index contributed by atoms with van der Waals surface area (Å²) in [6.45, 7) is 7.13. The predicted molar refractivity (Wildman–Crippen MR) is 85.5 cm³/mol. The van der Waals surface area contributed by atoms with Crippen molar-refractivity contribution in [2.24, 2.45) is 0 Å². The zero-order valence-corrected chi connectivity index (χ0v) is 13.6. The van der Waals surface area contributed by atoms with Gasteiger partial charge in [-0.2, -0.15) is 0 Å². The van der Waals surface area contributed by atoms with Crippen LogP contribution >= 0.6 is 0 Å². The molecule has 1 aromatic carbocycles. The molecule has 0 spiro atoms. The molecule has 0 radical (unpaired) electrons. The van der Waals surface area contributed by atoms with Crippen LogP contribution in [0.15, 0.2) is 30.3 Å². The van der Waals surface area contributed by atoms with Crippen molar-refractivity contribution in [1.82, 2.24) is 10.2 Å². The lowest BCUT2D eigenvalue weighted by Gasteiger charge is -2.23. The number of ether oxygens (including phenoxy) is 1. The molecule has 122 valence electrons. The summed E-state index contributed by atoms with van der Waals surface area (Å²) in [5, 5.41) is 12.5. The highest BCUT2D eigenvalue weighted by Crippen LogP contribution is 2.21. The molecule has 0 unspecified atom stereocenters. The number of benzene rings is 1. The molecule has 1 aliphatic heterocycles. The first-order valence-electron chi connectivity index (χ1n) is 7.76. The van der Waals surface area contributed by atoms with E-state index < -0.39 is 11.7 Å². The average molecular weight is 306 g/mol. The second kappa shape index (κ2) is 7.11. The van der Waals surface area contributed by atoms with Crippen molar-refractivity contribution in [2.45, 2.75) is 51.4 Å². The van der Waals surface area contributed by atoms with E-state index in [1.807, 2.05) is 39.0 Å². The normalized spacial score (nSPS) is 22.5. The molecule has 2 atom stereocenters. The second-order valence-electron chi connectivity index (χ2n) is 6.83. The molecule has 1 amide bonds. The summed E-state index contributed by atoms with van der Waals surface area (Å²) in [5.74, 6) is 0.